The summed E-state index contributed by atoms with van der Waals surface area (Å²) in [5, 5.41) is 8.79. The van der Waals surface area contributed by atoms with Crippen molar-refractivity contribution in [2.45, 2.75) is 26.5 Å². The molecule has 1 aromatic carbocycles. The van der Waals surface area contributed by atoms with Gasteiger partial charge in [0.05, 0.1) is 6.61 Å². The van der Waals surface area contributed by atoms with Gasteiger partial charge in [-0.2, -0.15) is 0 Å². The lowest BCUT2D eigenvalue weighted by atomic mass is 9.96. The lowest BCUT2D eigenvalue weighted by molar-refractivity contribution is 0.275. The van der Waals surface area contributed by atoms with Gasteiger partial charge in [-0.25, -0.2) is 4.39 Å². The topological polar surface area (TPSA) is 46.2 Å². The Bertz CT molecular complexity index is 312. The molecule has 0 aromatic heterocycles. The molecule has 78 valence electrons. The summed E-state index contributed by atoms with van der Waals surface area (Å²) in [6, 6.07) is 4.58. The highest BCUT2D eigenvalue weighted by Crippen LogP contribution is 2.21. The Morgan fingerprint density at radius 3 is 2.50 bits per heavy atom. The van der Waals surface area contributed by atoms with E-state index in [1.165, 1.54) is 6.07 Å². The van der Waals surface area contributed by atoms with Gasteiger partial charge in [-0.1, -0.05) is 26.0 Å². The molecule has 0 aliphatic heterocycles. The van der Waals surface area contributed by atoms with Crippen LogP contribution >= 0.6 is 0 Å². The second-order valence-corrected chi connectivity index (χ2v) is 3.78. The second kappa shape index (κ2) is 4.53. The van der Waals surface area contributed by atoms with Crippen LogP contribution in [0.25, 0.3) is 0 Å². The van der Waals surface area contributed by atoms with E-state index >= 15 is 0 Å². The quantitative estimate of drug-likeness (QED) is 0.778. The summed E-state index contributed by atoms with van der Waals surface area (Å²) in [6.45, 7) is 3.70. The first-order valence-corrected chi connectivity index (χ1v) is 4.71. The standard InChI is InChI=1S/C11H16FNO/c1-7(2)11(13)8-3-4-9(6-14)10(12)5-8/h3-5,7,11,14H,6,13H2,1-2H3. The Hall–Kier alpha value is -0.930. The molecule has 0 bridgehead atoms. The molecular formula is C11H16FNO. The van der Waals surface area contributed by atoms with Crippen molar-refractivity contribution in [3.05, 3.63) is 35.1 Å². The van der Waals surface area contributed by atoms with E-state index in [-0.39, 0.29) is 24.4 Å². The van der Waals surface area contributed by atoms with Gasteiger partial charge in [-0.3, -0.25) is 0 Å². The van der Waals surface area contributed by atoms with Crippen LogP contribution in [0.2, 0.25) is 0 Å². The molecule has 0 saturated heterocycles. The van der Waals surface area contributed by atoms with E-state index in [0.717, 1.165) is 5.56 Å². The fourth-order valence-corrected chi connectivity index (χ4v) is 1.28. The molecule has 1 atom stereocenters. The minimum atomic E-state index is -0.388. The molecule has 3 heteroatoms. The van der Waals surface area contributed by atoms with E-state index in [9.17, 15) is 4.39 Å². The minimum Gasteiger partial charge on any atom is -0.392 e. The van der Waals surface area contributed by atoms with E-state index in [1.807, 2.05) is 13.8 Å². The molecule has 0 fully saturated rings. The summed E-state index contributed by atoms with van der Waals surface area (Å²) < 4.78 is 13.3. The Labute approximate surface area is 83.6 Å². The van der Waals surface area contributed by atoms with Gasteiger partial charge in [0, 0.05) is 11.6 Å². The smallest absolute Gasteiger partial charge is 0.129 e. The monoisotopic (exact) mass is 197 g/mol. The maximum absolute atomic E-state index is 13.3. The zero-order valence-electron chi connectivity index (χ0n) is 8.50. The fraction of sp³-hybridized carbons (Fsp3) is 0.455. The first-order chi connectivity index (χ1) is 6.56. The zero-order chi connectivity index (χ0) is 10.7. The maximum atomic E-state index is 13.3. The van der Waals surface area contributed by atoms with Gasteiger partial charge in [0.1, 0.15) is 5.82 Å². The van der Waals surface area contributed by atoms with Gasteiger partial charge in [0.15, 0.2) is 0 Å². The van der Waals surface area contributed by atoms with Crippen LogP contribution in [0.15, 0.2) is 18.2 Å². The van der Waals surface area contributed by atoms with E-state index in [0.29, 0.717) is 5.56 Å². The number of aliphatic hydroxyl groups is 1. The summed E-state index contributed by atoms with van der Waals surface area (Å²) in [4.78, 5) is 0. The molecule has 14 heavy (non-hydrogen) atoms. The van der Waals surface area contributed by atoms with Crippen LogP contribution in [0.4, 0.5) is 4.39 Å². The van der Waals surface area contributed by atoms with Crippen LogP contribution < -0.4 is 5.73 Å². The van der Waals surface area contributed by atoms with Crippen LogP contribution in [0.5, 0.6) is 0 Å². The number of hydrogen-bond donors (Lipinski definition) is 2. The molecular weight excluding hydrogens is 181 g/mol. The van der Waals surface area contributed by atoms with Crippen molar-refractivity contribution >= 4 is 0 Å². The SMILES string of the molecule is CC(C)C(N)c1ccc(CO)c(F)c1. The number of hydrogen-bond acceptors (Lipinski definition) is 2. The van der Waals surface area contributed by atoms with E-state index in [1.54, 1.807) is 12.1 Å². The predicted octanol–water partition coefficient (Wildman–Crippen LogP) is 1.97. The number of nitrogens with two attached hydrogens (primary N) is 1. The molecule has 0 heterocycles. The number of benzene rings is 1. The lowest BCUT2D eigenvalue weighted by Gasteiger charge is -2.16. The molecule has 0 amide bonds. The predicted molar refractivity (Wildman–Crippen MR) is 54.1 cm³/mol. The second-order valence-electron chi connectivity index (χ2n) is 3.78. The maximum Gasteiger partial charge on any atom is 0.129 e. The fourth-order valence-electron chi connectivity index (χ4n) is 1.28. The molecule has 0 radical (unpaired) electrons. The van der Waals surface area contributed by atoms with Crippen LogP contribution in [0, 0.1) is 11.7 Å². The first kappa shape index (κ1) is 11.1. The number of aliphatic hydroxyl groups excluding tert-OH is 1. The number of halogens is 1. The number of rotatable bonds is 3. The molecule has 1 unspecified atom stereocenters. The highest BCUT2D eigenvalue weighted by Gasteiger charge is 2.12. The zero-order valence-corrected chi connectivity index (χ0v) is 8.50. The normalized spacial score (nSPS) is 13.3. The van der Waals surface area contributed by atoms with Crippen molar-refractivity contribution < 1.29 is 9.50 Å². The van der Waals surface area contributed by atoms with Crippen LogP contribution in [-0.2, 0) is 6.61 Å². The largest absolute Gasteiger partial charge is 0.392 e. The van der Waals surface area contributed by atoms with E-state index in [4.69, 9.17) is 10.8 Å². The molecule has 1 rings (SSSR count). The van der Waals surface area contributed by atoms with Gasteiger partial charge in [-0.15, -0.1) is 0 Å². The lowest BCUT2D eigenvalue weighted by Crippen LogP contribution is -2.17. The Kier molecular flexibility index (Phi) is 3.61. The van der Waals surface area contributed by atoms with Crippen molar-refractivity contribution in [1.82, 2.24) is 0 Å². The third-order valence-electron chi connectivity index (χ3n) is 2.35. The van der Waals surface area contributed by atoms with E-state index < -0.39 is 0 Å². The molecule has 3 N–H and O–H groups in total. The van der Waals surface area contributed by atoms with Gasteiger partial charge in [0.25, 0.3) is 0 Å². The van der Waals surface area contributed by atoms with Crippen LogP contribution in [0.3, 0.4) is 0 Å². The summed E-state index contributed by atoms with van der Waals surface area (Å²) in [5.41, 5.74) is 6.95. The van der Waals surface area contributed by atoms with Crippen molar-refractivity contribution in [2.24, 2.45) is 11.7 Å². The molecule has 2 nitrogen and oxygen atoms in total. The van der Waals surface area contributed by atoms with Crippen LogP contribution in [-0.4, -0.2) is 5.11 Å². The molecule has 0 aliphatic carbocycles. The Morgan fingerprint density at radius 1 is 1.43 bits per heavy atom. The van der Waals surface area contributed by atoms with Crippen molar-refractivity contribution in [2.75, 3.05) is 0 Å². The van der Waals surface area contributed by atoms with Crippen molar-refractivity contribution in [1.29, 1.82) is 0 Å². The summed E-state index contributed by atoms with van der Waals surface area (Å²) in [7, 11) is 0. The van der Waals surface area contributed by atoms with Crippen LogP contribution in [0.1, 0.15) is 31.0 Å². The highest BCUT2D eigenvalue weighted by molar-refractivity contribution is 5.26. The van der Waals surface area contributed by atoms with Gasteiger partial charge in [0.2, 0.25) is 0 Å². The molecule has 0 saturated carbocycles. The minimum absolute atomic E-state index is 0.155. The van der Waals surface area contributed by atoms with Crippen molar-refractivity contribution in [3.8, 4) is 0 Å². The summed E-state index contributed by atoms with van der Waals surface area (Å²) in [6.07, 6.45) is 0. The molecule has 0 spiro atoms. The highest BCUT2D eigenvalue weighted by atomic mass is 19.1. The van der Waals surface area contributed by atoms with E-state index in [2.05, 4.69) is 0 Å². The molecule has 0 aliphatic rings. The third-order valence-corrected chi connectivity index (χ3v) is 2.35. The van der Waals surface area contributed by atoms with Crippen molar-refractivity contribution in [3.63, 3.8) is 0 Å². The summed E-state index contributed by atoms with van der Waals surface area (Å²) >= 11 is 0. The van der Waals surface area contributed by atoms with Gasteiger partial charge < -0.3 is 10.8 Å². The average molecular weight is 197 g/mol. The molecule has 1 aromatic rings. The third kappa shape index (κ3) is 2.30. The van der Waals surface area contributed by atoms with Gasteiger partial charge in [-0.05, 0) is 17.5 Å². The average Bonchev–Trinajstić information content (AvgIpc) is 2.16. The first-order valence-electron chi connectivity index (χ1n) is 4.71. The van der Waals surface area contributed by atoms with Gasteiger partial charge >= 0.3 is 0 Å². The Balaban J connectivity index is 2.96. The summed E-state index contributed by atoms with van der Waals surface area (Å²) in [5.74, 6) is -0.115. The Morgan fingerprint density at radius 2 is 2.07 bits per heavy atom.